The number of nitrogens with two attached hydrogens (primary N) is 2. The Labute approximate surface area is 121 Å². The molecule has 0 unspecified atom stereocenters. The summed E-state index contributed by atoms with van der Waals surface area (Å²) >= 11 is 0. The highest BCUT2D eigenvalue weighted by atomic mass is 16.5. The Balaban J connectivity index is 0.000000212. The van der Waals surface area contributed by atoms with Gasteiger partial charge in [-0.2, -0.15) is 0 Å². The maximum absolute atomic E-state index is 5.28. The monoisotopic (exact) mass is 278 g/mol. The highest BCUT2D eigenvalue weighted by Gasteiger charge is 2.04. The molecule has 0 atom stereocenters. The van der Waals surface area contributed by atoms with Crippen LogP contribution in [0.15, 0.2) is 47.6 Å². The van der Waals surface area contributed by atoms with Gasteiger partial charge in [0.25, 0.3) is 0 Å². The largest absolute Gasteiger partial charge is 0.379 e. The highest BCUT2D eigenvalue weighted by Crippen LogP contribution is 2.23. The molecular formula is C16H26N2O2. The van der Waals surface area contributed by atoms with Gasteiger partial charge in [0.05, 0.1) is 13.2 Å². The molecule has 0 saturated carbocycles. The van der Waals surface area contributed by atoms with Crippen LogP contribution in [-0.2, 0) is 9.47 Å². The van der Waals surface area contributed by atoms with Gasteiger partial charge in [0.15, 0.2) is 0 Å². The van der Waals surface area contributed by atoms with Gasteiger partial charge in [-0.3, -0.25) is 0 Å². The Morgan fingerprint density at radius 3 is 1.55 bits per heavy atom. The normalized spacial score (nSPS) is 14.7. The Bertz CT molecular complexity index is 335. The summed E-state index contributed by atoms with van der Waals surface area (Å²) in [6.45, 7) is 4.16. The number of fused-ring (bicyclic) bond motifs is 1. The van der Waals surface area contributed by atoms with Gasteiger partial charge < -0.3 is 20.9 Å². The van der Waals surface area contributed by atoms with E-state index in [2.05, 4.69) is 36.5 Å². The number of rotatable bonds is 9. The maximum atomic E-state index is 5.28. The average Bonchev–Trinajstić information content (AvgIpc) is 3.06. The predicted octanol–water partition coefficient (Wildman–Crippen LogP) is 1.70. The number of ether oxygens (including phenoxy) is 2. The van der Waals surface area contributed by atoms with Crippen LogP contribution in [0.3, 0.4) is 0 Å². The minimum absolute atomic E-state index is 0.657. The molecule has 112 valence electrons. The van der Waals surface area contributed by atoms with Gasteiger partial charge in [0, 0.05) is 13.2 Å². The van der Waals surface area contributed by atoms with E-state index in [0.29, 0.717) is 26.3 Å². The molecule has 0 heterocycles. The maximum Gasteiger partial charge on any atom is 0.0700 e. The standard InChI is InChI=1S/C8H20N2O2.C8H6/c9-3-1-5-11-7-8-12-6-2-4-10;1-3-7-5-2-6-8(7)4-1/h1-10H2;1-6H. The molecule has 2 aliphatic carbocycles. The van der Waals surface area contributed by atoms with Crippen LogP contribution in [-0.4, -0.2) is 39.5 Å². The summed E-state index contributed by atoms with van der Waals surface area (Å²) in [6.07, 6.45) is 14.5. The van der Waals surface area contributed by atoms with Gasteiger partial charge in [-0.1, -0.05) is 36.5 Å². The lowest BCUT2D eigenvalue weighted by Crippen LogP contribution is -2.10. The summed E-state index contributed by atoms with van der Waals surface area (Å²) in [7, 11) is 0. The van der Waals surface area contributed by atoms with Crippen molar-refractivity contribution in [2.45, 2.75) is 12.8 Å². The van der Waals surface area contributed by atoms with Crippen LogP contribution in [0.1, 0.15) is 12.8 Å². The molecule has 0 aromatic rings. The molecule has 0 spiro atoms. The Hall–Kier alpha value is -1.20. The van der Waals surface area contributed by atoms with E-state index in [1.807, 2.05) is 0 Å². The van der Waals surface area contributed by atoms with E-state index in [-0.39, 0.29) is 0 Å². The van der Waals surface area contributed by atoms with E-state index in [4.69, 9.17) is 20.9 Å². The van der Waals surface area contributed by atoms with Crippen LogP contribution in [0.5, 0.6) is 0 Å². The van der Waals surface area contributed by atoms with Crippen LogP contribution < -0.4 is 11.5 Å². The summed E-state index contributed by atoms with van der Waals surface area (Å²) in [6, 6.07) is 0. The molecule has 4 N–H and O–H groups in total. The number of hydrogen-bond acceptors (Lipinski definition) is 4. The van der Waals surface area contributed by atoms with E-state index < -0.39 is 0 Å². The summed E-state index contributed by atoms with van der Waals surface area (Å²) < 4.78 is 10.4. The molecule has 2 rings (SSSR count). The van der Waals surface area contributed by atoms with E-state index in [9.17, 15) is 0 Å². The van der Waals surface area contributed by atoms with Crippen molar-refractivity contribution in [3.8, 4) is 0 Å². The van der Waals surface area contributed by atoms with Crippen molar-refractivity contribution < 1.29 is 9.47 Å². The molecule has 2 aliphatic rings. The third kappa shape index (κ3) is 7.40. The van der Waals surface area contributed by atoms with Crippen molar-refractivity contribution in [3.05, 3.63) is 47.6 Å². The first-order valence-corrected chi connectivity index (χ1v) is 7.21. The van der Waals surface area contributed by atoms with Crippen LogP contribution in [0.4, 0.5) is 0 Å². The van der Waals surface area contributed by atoms with Gasteiger partial charge in [0.1, 0.15) is 0 Å². The third-order valence-electron chi connectivity index (χ3n) is 2.79. The molecular weight excluding hydrogens is 252 g/mol. The minimum Gasteiger partial charge on any atom is -0.379 e. The van der Waals surface area contributed by atoms with Crippen molar-refractivity contribution >= 4 is 0 Å². The number of allylic oxidation sites excluding steroid dienone is 8. The van der Waals surface area contributed by atoms with Crippen molar-refractivity contribution in [1.82, 2.24) is 0 Å². The molecule has 0 fully saturated rings. The van der Waals surface area contributed by atoms with Gasteiger partial charge in [-0.15, -0.1) is 0 Å². The van der Waals surface area contributed by atoms with Gasteiger partial charge >= 0.3 is 0 Å². The van der Waals surface area contributed by atoms with E-state index in [1.54, 1.807) is 0 Å². The first-order chi connectivity index (χ1) is 9.88. The Morgan fingerprint density at radius 1 is 0.700 bits per heavy atom. The minimum atomic E-state index is 0.657. The molecule has 0 aliphatic heterocycles. The SMILES string of the molecule is C1=CC2=CC=CC2=C1.NCCCOCCOCCCN. The molecule has 0 aromatic heterocycles. The van der Waals surface area contributed by atoms with E-state index in [0.717, 1.165) is 26.1 Å². The van der Waals surface area contributed by atoms with Crippen molar-refractivity contribution in [2.75, 3.05) is 39.5 Å². The molecule has 0 radical (unpaired) electrons. The Kier molecular flexibility index (Phi) is 9.79. The fourth-order valence-electron chi connectivity index (χ4n) is 1.70. The second-order valence-corrected chi connectivity index (χ2v) is 4.47. The fraction of sp³-hybridized carbons (Fsp3) is 0.500. The molecule has 0 amide bonds. The average molecular weight is 278 g/mol. The van der Waals surface area contributed by atoms with Gasteiger partial charge in [0.2, 0.25) is 0 Å². The van der Waals surface area contributed by atoms with Gasteiger partial charge in [-0.25, -0.2) is 0 Å². The fourth-order valence-corrected chi connectivity index (χ4v) is 1.70. The zero-order valence-electron chi connectivity index (χ0n) is 12.1. The Morgan fingerprint density at radius 2 is 1.15 bits per heavy atom. The topological polar surface area (TPSA) is 70.5 Å². The molecule has 0 aromatic carbocycles. The zero-order valence-corrected chi connectivity index (χ0v) is 12.1. The molecule has 4 nitrogen and oxygen atoms in total. The lowest BCUT2D eigenvalue weighted by Gasteiger charge is -2.03. The molecule has 20 heavy (non-hydrogen) atoms. The quantitative estimate of drug-likeness (QED) is 0.630. The van der Waals surface area contributed by atoms with E-state index in [1.165, 1.54) is 11.1 Å². The van der Waals surface area contributed by atoms with Crippen LogP contribution in [0.2, 0.25) is 0 Å². The van der Waals surface area contributed by atoms with Crippen LogP contribution in [0.25, 0.3) is 0 Å². The van der Waals surface area contributed by atoms with Crippen molar-refractivity contribution in [2.24, 2.45) is 11.5 Å². The lowest BCUT2D eigenvalue weighted by molar-refractivity contribution is 0.0471. The predicted molar refractivity (Wildman–Crippen MR) is 83.4 cm³/mol. The lowest BCUT2D eigenvalue weighted by atomic mass is 10.2. The second kappa shape index (κ2) is 11.6. The van der Waals surface area contributed by atoms with Crippen molar-refractivity contribution in [3.63, 3.8) is 0 Å². The molecule has 0 bridgehead atoms. The smallest absolute Gasteiger partial charge is 0.0700 e. The molecule has 0 saturated heterocycles. The third-order valence-corrected chi connectivity index (χ3v) is 2.79. The first kappa shape index (κ1) is 16.9. The highest BCUT2D eigenvalue weighted by molar-refractivity contribution is 5.59. The van der Waals surface area contributed by atoms with Crippen LogP contribution in [0, 0.1) is 0 Å². The second-order valence-electron chi connectivity index (χ2n) is 4.47. The van der Waals surface area contributed by atoms with Gasteiger partial charge in [-0.05, 0) is 37.1 Å². The van der Waals surface area contributed by atoms with Crippen molar-refractivity contribution in [1.29, 1.82) is 0 Å². The molecule has 4 heteroatoms. The summed E-state index contributed by atoms with van der Waals surface area (Å²) in [5.41, 5.74) is 13.3. The first-order valence-electron chi connectivity index (χ1n) is 7.21. The zero-order chi connectivity index (χ0) is 14.5. The summed E-state index contributed by atoms with van der Waals surface area (Å²) in [5, 5.41) is 0. The van der Waals surface area contributed by atoms with Crippen LogP contribution >= 0.6 is 0 Å². The summed E-state index contributed by atoms with van der Waals surface area (Å²) in [5.74, 6) is 0. The van der Waals surface area contributed by atoms with E-state index >= 15 is 0 Å². The number of hydrogen-bond donors (Lipinski definition) is 2. The summed E-state index contributed by atoms with van der Waals surface area (Å²) in [4.78, 5) is 0.